The Balaban J connectivity index is 2.58. The number of aryl methyl sites for hydroxylation is 1. The van der Waals surface area contributed by atoms with Crippen LogP contribution in [-0.4, -0.2) is 9.38 Å². The van der Waals surface area contributed by atoms with Gasteiger partial charge in [-0.25, -0.2) is 4.98 Å². The number of halogens is 1. The van der Waals surface area contributed by atoms with Crippen LogP contribution in [-0.2, 0) is 0 Å². The molecule has 1 unspecified atom stereocenters. The predicted octanol–water partition coefficient (Wildman–Crippen LogP) is 3.10. The molecule has 2 aromatic rings. The first-order chi connectivity index (χ1) is 7.63. The average Bonchev–Trinajstić information content (AvgIpc) is 2.53. The van der Waals surface area contributed by atoms with Crippen LogP contribution in [0.2, 0.25) is 5.02 Å². The first-order valence-electron chi connectivity index (χ1n) is 5.53. The highest BCUT2D eigenvalue weighted by Crippen LogP contribution is 2.23. The summed E-state index contributed by atoms with van der Waals surface area (Å²) in [6.07, 6.45) is 3.90. The SMILES string of the molecule is CCCC(N)c1c(C)nc2ccc(Cl)cn12. The summed E-state index contributed by atoms with van der Waals surface area (Å²) in [4.78, 5) is 4.48. The van der Waals surface area contributed by atoms with E-state index in [-0.39, 0.29) is 6.04 Å². The van der Waals surface area contributed by atoms with Gasteiger partial charge in [0.2, 0.25) is 0 Å². The summed E-state index contributed by atoms with van der Waals surface area (Å²) in [7, 11) is 0. The van der Waals surface area contributed by atoms with Gasteiger partial charge in [0.15, 0.2) is 0 Å². The van der Waals surface area contributed by atoms with Gasteiger partial charge in [-0.3, -0.25) is 0 Å². The van der Waals surface area contributed by atoms with Gasteiger partial charge in [0.05, 0.1) is 16.4 Å². The van der Waals surface area contributed by atoms with E-state index in [0.717, 1.165) is 29.9 Å². The molecule has 0 saturated carbocycles. The number of fused-ring (bicyclic) bond motifs is 1. The molecule has 0 aliphatic carbocycles. The van der Waals surface area contributed by atoms with E-state index in [1.54, 1.807) is 0 Å². The van der Waals surface area contributed by atoms with Crippen molar-refractivity contribution in [3.63, 3.8) is 0 Å². The number of rotatable bonds is 3. The third kappa shape index (κ3) is 1.93. The molecule has 2 aromatic heterocycles. The van der Waals surface area contributed by atoms with Crippen molar-refractivity contribution in [1.29, 1.82) is 0 Å². The standard InChI is InChI=1S/C12H16ClN3/c1-3-4-10(14)12-8(2)15-11-6-5-9(13)7-16(11)12/h5-7,10H,3-4,14H2,1-2H3. The monoisotopic (exact) mass is 237 g/mol. The molecule has 2 heterocycles. The molecule has 2 N–H and O–H groups in total. The molecule has 0 spiro atoms. The fraction of sp³-hybridized carbons (Fsp3) is 0.417. The molecule has 0 aliphatic rings. The van der Waals surface area contributed by atoms with Gasteiger partial charge >= 0.3 is 0 Å². The number of aromatic nitrogens is 2. The Kier molecular flexibility index (Phi) is 3.17. The highest BCUT2D eigenvalue weighted by atomic mass is 35.5. The number of nitrogens with two attached hydrogens (primary N) is 1. The molecular formula is C12H16ClN3. The minimum Gasteiger partial charge on any atom is -0.323 e. The Labute approximate surface area is 100 Å². The van der Waals surface area contributed by atoms with Crippen LogP contribution in [0.1, 0.15) is 37.2 Å². The summed E-state index contributed by atoms with van der Waals surface area (Å²) >= 11 is 5.99. The number of pyridine rings is 1. The molecule has 86 valence electrons. The summed E-state index contributed by atoms with van der Waals surface area (Å²) < 4.78 is 2.00. The van der Waals surface area contributed by atoms with E-state index >= 15 is 0 Å². The summed E-state index contributed by atoms with van der Waals surface area (Å²) in [6, 6.07) is 3.79. The van der Waals surface area contributed by atoms with E-state index in [1.165, 1.54) is 0 Å². The largest absolute Gasteiger partial charge is 0.323 e. The molecule has 0 fully saturated rings. The zero-order valence-corrected chi connectivity index (χ0v) is 10.3. The minimum atomic E-state index is 0.0264. The number of imidazole rings is 1. The summed E-state index contributed by atoms with van der Waals surface area (Å²) in [5.41, 5.74) is 9.13. The molecule has 0 radical (unpaired) electrons. The summed E-state index contributed by atoms with van der Waals surface area (Å²) in [5, 5.41) is 0.704. The second-order valence-electron chi connectivity index (χ2n) is 4.05. The second-order valence-corrected chi connectivity index (χ2v) is 4.49. The Morgan fingerprint density at radius 3 is 2.94 bits per heavy atom. The van der Waals surface area contributed by atoms with Gasteiger partial charge in [-0.15, -0.1) is 0 Å². The Morgan fingerprint density at radius 2 is 2.25 bits per heavy atom. The topological polar surface area (TPSA) is 43.3 Å². The molecule has 0 aliphatic heterocycles. The Hall–Kier alpha value is -1.06. The van der Waals surface area contributed by atoms with Gasteiger partial charge in [-0.2, -0.15) is 0 Å². The van der Waals surface area contributed by atoms with Gasteiger partial charge in [0, 0.05) is 12.2 Å². The average molecular weight is 238 g/mol. The normalized spacial score (nSPS) is 13.2. The summed E-state index contributed by atoms with van der Waals surface area (Å²) in [6.45, 7) is 4.12. The lowest BCUT2D eigenvalue weighted by Crippen LogP contribution is -2.13. The molecule has 3 nitrogen and oxygen atoms in total. The van der Waals surface area contributed by atoms with Gasteiger partial charge in [-0.1, -0.05) is 24.9 Å². The first kappa shape index (κ1) is 11.4. The molecular weight excluding hydrogens is 222 g/mol. The Morgan fingerprint density at radius 1 is 1.50 bits per heavy atom. The molecule has 0 aromatic carbocycles. The van der Waals surface area contributed by atoms with Crippen molar-refractivity contribution >= 4 is 17.2 Å². The van der Waals surface area contributed by atoms with E-state index in [4.69, 9.17) is 17.3 Å². The predicted molar refractivity (Wildman–Crippen MR) is 66.8 cm³/mol. The van der Waals surface area contributed by atoms with Crippen LogP contribution < -0.4 is 5.73 Å². The molecule has 0 bridgehead atoms. The number of nitrogens with zero attached hydrogens (tertiary/aromatic N) is 2. The highest BCUT2D eigenvalue weighted by molar-refractivity contribution is 6.30. The summed E-state index contributed by atoms with van der Waals surface area (Å²) in [5.74, 6) is 0. The third-order valence-electron chi connectivity index (χ3n) is 2.75. The lowest BCUT2D eigenvalue weighted by atomic mass is 10.1. The van der Waals surface area contributed by atoms with Crippen LogP contribution in [0.4, 0.5) is 0 Å². The fourth-order valence-electron chi connectivity index (χ4n) is 2.05. The van der Waals surface area contributed by atoms with E-state index in [2.05, 4.69) is 11.9 Å². The molecule has 16 heavy (non-hydrogen) atoms. The molecule has 4 heteroatoms. The fourth-order valence-corrected chi connectivity index (χ4v) is 2.21. The van der Waals surface area contributed by atoms with Crippen molar-refractivity contribution in [2.24, 2.45) is 5.73 Å². The first-order valence-corrected chi connectivity index (χ1v) is 5.91. The van der Waals surface area contributed by atoms with Crippen molar-refractivity contribution in [3.05, 3.63) is 34.7 Å². The maximum Gasteiger partial charge on any atom is 0.137 e. The van der Waals surface area contributed by atoms with Gasteiger partial charge in [0.1, 0.15) is 5.65 Å². The van der Waals surface area contributed by atoms with Crippen molar-refractivity contribution in [3.8, 4) is 0 Å². The minimum absolute atomic E-state index is 0.0264. The molecule has 0 amide bonds. The number of hydrogen-bond acceptors (Lipinski definition) is 2. The smallest absolute Gasteiger partial charge is 0.137 e. The maximum absolute atomic E-state index is 6.16. The van der Waals surface area contributed by atoms with Crippen molar-refractivity contribution in [1.82, 2.24) is 9.38 Å². The Bertz CT molecular complexity index is 504. The highest BCUT2D eigenvalue weighted by Gasteiger charge is 2.15. The van der Waals surface area contributed by atoms with Crippen LogP contribution in [0.15, 0.2) is 18.3 Å². The van der Waals surface area contributed by atoms with Gasteiger partial charge < -0.3 is 10.1 Å². The molecule has 1 atom stereocenters. The van der Waals surface area contributed by atoms with Gasteiger partial charge in [0.25, 0.3) is 0 Å². The van der Waals surface area contributed by atoms with Crippen molar-refractivity contribution in [2.75, 3.05) is 0 Å². The lowest BCUT2D eigenvalue weighted by molar-refractivity contribution is 0.613. The zero-order chi connectivity index (χ0) is 11.7. The van der Waals surface area contributed by atoms with E-state index < -0.39 is 0 Å². The van der Waals surface area contributed by atoms with Crippen LogP contribution in [0, 0.1) is 6.92 Å². The molecule has 2 rings (SSSR count). The van der Waals surface area contributed by atoms with E-state index in [1.807, 2.05) is 29.7 Å². The van der Waals surface area contributed by atoms with Crippen LogP contribution >= 0.6 is 11.6 Å². The second kappa shape index (κ2) is 4.44. The molecule has 0 saturated heterocycles. The van der Waals surface area contributed by atoms with Crippen LogP contribution in [0.3, 0.4) is 0 Å². The van der Waals surface area contributed by atoms with Crippen molar-refractivity contribution < 1.29 is 0 Å². The van der Waals surface area contributed by atoms with Gasteiger partial charge in [-0.05, 0) is 25.5 Å². The van der Waals surface area contributed by atoms with Crippen molar-refractivity contribution in [2.45, 2.75) is 32.7 Å². The quantitative estimate of drug-likeness (QED) is 0.892. The third-order valence-corrected chi connectivity index (χ3v) is 2.98. The maximum atomic E-state index is 6.16. The van der Waals surface area contributed by atoms with Crippen LogP contribution in [0.25, 0.3) is 5.65 Å². The lowest BCUT2D eigenvalue weighted by Gasteiger charge is -2.11. The van der Waals surface area contributed by atoms with Crippen LogP contribution in [0.5, 0.6) is 0 Å². The van der Waals surface area contributed by atoms with E-state index in [9.17, 15) is 0 Å². The number of hydrogen-bond donors (Lipinski definition) is 1. The zero-order valence-electron chi connectivity index (χ0n) is 9.57. The van der Waals surface area contributed by atoms with E-state index in [0.29, 0.717) is 5.02 Å².